The van der Waals surface area contributed by atoms with Crippen molar-refractivity contribution in [2.75, 3.05) is 26.7 Å². The van der Waals surface area contributed by atoms with Crippen LogP contribution in [0.15, 0.2) is 12.4 Å². The fraction of sp³-hybridized carbons (Fsp3) is 0.769. The third-order valence-corrected chi connectivity index (χ3v) is 3.09. The average Bonchev–Trinajstić information content (AvgIpc) is 2.76. The number of nitrogens with one attached hydrogen (secondary N) is 1. The molecule has 0 unspecified atom stereocenters. The van der Waals surface area contributed by atoms with Crippen LogP contribution in [0.2, 0.25) is 0 Å². The van der Waals surface area contributed by atoms with Crippen LogP contribution in [-0.2, 0) is 13.1 Å². The number of nitrogens with zero attached hydrogens (tertiary/aromatic N) is 3. The monoisotopic (exact) mass is 254 g/mol. The van der Waals surface area contributed by atoms with Crippen molar-refractivity contribution >= 4 is 0 Å². The summed E-state index contributed by atoms with van der Waals surface area (Å²) in [6.07, 6.45) is 4.98. The first kappa shape index (κ1) is 15.1. The highest BCUT2D eigenvalue weighted by Gasteiger charge is 2.02. The SMILES string of the molecule is CC(C)N(C)CCCNCc1cnn(CCO)c1. The van der Waals surface area contributed by atoms with Crippen LogP contribution in [0.25, 0.3) is 0 Å². The molecule has 0 fully saturated rings. The molecule has 0 amide bonds. The molecule has 0 bridgehead atoms. The Morgan fingerprint density at radius 2 is 2.28 bits per heavy atom. The predicted molar refractivity (Wildman–Crippen MR) is 73.4 cm³/mol. The van der Waals surface area contributed by atoms with E-state index in [2.05, 4.69) is 36.2 Å². The van der Waals surface area contributed by atoms with E-state index in [0.29, 0.717) is 12.6 Å². The van der Waals surface area contributed by atoms with Gasteiger partial charge in [0.1, 0.15) is 0 Å². The van der Waals surface area contributed by atoms with Gasteiger partial charge in [0.25, 0.3) is 0 Å². The maximum atomic E-state index is 8.79. The van der Waals surface area contributed by atoms with Gasteiger partial charge < -0.3 is 15.3 Å². The maximum Gasteiger partial charge on any atom is 0.0640 e. The lowest BCUT2D eigenvalue weighted by molar-refractivity contribution is 0.269. The van der Waals surface area contributed by atoms with Crippen LogP contribution in [0.1, 0.15) is 25.8 Å². The molecule has 1 aromatic rings. The first-order chi connectivity index (χ1) is 8.63. The minimum absolute atomic E-state index is 0.135. The summed E-state index contributed by atoms with van der Waals surface area (Å²) in [7, 11) is 2.16. The highest BCUT2D eigenvalue weighted by atomic mass is 16.3. The molecule has 18 heavy (non-hydrogen) atoms. The Balaban J connectivity index is 2.10. The highest BCUT2D eigenvalue weighted by Crippen LogP contribution is 1.98. The highest BCUT2D eigenvalue weighted by molar-refractivity contribution is 5.03. The molecule has 0 aliphatic carbocycles. The molecule has 5 heteroatoms. The van der Waals surface area contributed by atoms with Crippen molar-refractivity contribution in [2.45, 2.75) is 39.4 Å². The summed E-state index contributed by atoms with van der Waals surface area (Å²) in [6.45, 7) is 8.11. The first-order valence-electron chi connectivity index (χ1n) is 6.66. The number of hydrogen-bond donors (Lipinski definition) is 2. The number of hydrogen-bond acceptors (Lipinski definition) is 4. The van der Waals surface area contributed by atoms with Gasteiger partial charge >= 0.3 is 0 Å². The fourth-order valence-electron chi connectivity index (χ4n) is 1.67. The van der Waals surface area contributed by atoms with E-state index in [1.165, 1.54) is 5.56 Å². The third kappa shape index (κ3) is 5.62. The van der Waals surface area contributed by atoms with Crippen LogP contribution >= 0.6 is 0 Å². The maximum absolute atomic E-state index is 8.79. The topological polar surface area (TPSA) is 53.3 Å². The summed E-state index contributed by atoms with van der Waals surface area (Å²) in [5, 5.41) is 16.4. The van der Waals surface area contributed by atoms with Crippen molar-refractivity contribution < 1.29 is 5.11 Å². The molecule has 1 aromatic heterocycles. The summed E-state index contributed by atoms with van der Waals surface area (Å²) in [5.74, 6) is 0. The smallest absolute Gasteiger partial charge is 0.0640 e. The normalized spacial score (nSPS) is 11.7. The molecule has 0 radical (unpaired) electrons. The van der Waals surface area contributed by atoms with E-state index in [1.807, 2.05) is 12.4 Å². The van der Waals surface area contributed by atoms with E-state index in [0.717, 1.165) is 26.1 Å². The molecule has 1 heterocycles. The molecule has 2 N–H and O–H groups in total. The zero-order valence-corrected chi connectivity index (χ0v) is 11.8. The Morgan fingerprint density at radius 1 is 1.50 bits per heavy atom. The van der Waals surface area contributed by atoms with Gasteiger partial charge in [0, 0.05) is 24.3 Å². The van der Waals surface area contributed by atoms with Gasteiger partial charge in [-0.1, -0.05) is 0 Å². The summed E-state index contributed by atoms with van der Waals surface area (Å²) < 4.78 is 1.77. The standard InChI is InChI=1S/C13H26N4O/c1-12(2)16(3)6-4-5-14-9-13-10-15-17(11-13)7-8-18/h10-12,14,18H,4-9H2,1-3H3. The lowest BCUT2D eigenvalue weighted by atomic mass is 10.3. The van der Waals surface area contributed by atoms with Crippen molar-refractivity contribution in [1.29, 1.82) is 0 Å². The van der Waals surface area contributed by atoms with E-state index in [4.69, 9.17) is 5.11 Å². The lowest BCUT2D eigenvalue weighted by Gasteiger charge is -2.20. The van der Waals surface area contributed by atoms with E-state index in [9.17, 15) is 0 Å². The Bertz CT molecular complexity index is 325. The van der Waals surface area contributed by atoms with Crippen molar-refractivity contribution in [2.24, 2.45) is 0 Å². The van der Waals surface area contributed by atoms with Crippen LogP contribution < -0.4 is 5.32 Å². The summed E-state index contributed by atoms with van der Waals surface area (Å²) in [5.41, 5.74) is 1.17. The molecule has 1 rings (SSSR count). The number of aliphatic hydroxyl groups excluding tert-OH is 1. The lowest BCUT2D eigenvalue weighted by Crippen LogP contribution is -2.29. The molecule has 0 aromatic carbocycles. The van der Waals surface area contributed by atoms with Crippen molar-refractivity contribution in [3.8, 4) is 0 Å². The zero-order chi connectivity index (χ0) is 13.4. The summed E-state index contributed by atoms with van der Waals surface area (Å²) >= 11 is 0. The molecule has 0 spiro atoms. The fourth-order valence-corrected chi connectivity index (χ4v) is 1.67. The first-order valence-corrected chi connectivity index (χ1v) is 6.66. The number of aromatic nitrogens is 2. The van der Waals surface area contributed by atoms with Gasteiger partial charge in [0.15, 0.2) is 0 Å². The average molecular weight is 254 g/mol. The Hall–Kier alpha value is -0.910. The Labute approximate surface area is 110 Å². The molecular weight excluding hydrogens is 228 g/mol. The number of rotatable bonds is 9. The second-order valence-electron chi connectivity index (χ2n) is 4.94. The van der Waals surface area contributed by atoms with Crippen LogP contribution in [0.4, 0.5) is 0 Å². The molecule has 0 saturated heterocycles. The number of aliphatic hydroxyl groups is 1. The van der Waals surface area contributed by atoms with Crippen molar-refractivity contribution in [1.82, 2.24) is 20.0 Å². The Kier molecular flexibility index (Phi) is 6.93. The minimum atomic E-state index is 0.135. The van der Waals surface area contributed by atoms with Gasteiger partial charge in [-0.25, -0.2) is 0 Å². The largest absolute Gasteiger partial charge is 0.394 e. The summed E-state index contributed by atoms with van der Waals surface area (Å²) in [6, 6.07) is 0.613. The minimum Gasteiger partial charge on any atom is -0.394 e. The molecule has 0 atom stereocenters. The zero-order valence-electron chi connectivity index (χ0n) is 11.8. The van der Waals surface area contributed by atoms with Gasteiger partial charge in [0.2, 0.25) is 0 Å². The summed E-state index contributed by atoms with van der Waals surface area (Å²) in [4.78, 5) is 2.35. The van der Waals surface area contributed by atoms with Gasteiger partial charge in [-0.15, -0.1) is 0 Å². The second kappa shape index (κ2) is 8.24. The molecule has 104 valence electrons. The Morgan fingerprint density at radius 3 is 2.94 bits per heavy atom. The van der Waals surface area contributed by atoms with E-state index >= 15 is 0 Å². The van der Waals surface area contributed by atoms with Crippen LogP contribution in [0.3, 0.4) is 0 Å². The van der Waals surface area contributed by atoms with Crippen LogP contribution in [0.5, 0.6) is 0 Å². The van der Waals surface area contributed by atoms with Gasteiger partial charge in [-0.3, -0.25) is 4.68 Å². The van der Waals surface area contributed by atoms with Gasteiger partial charge in [-0.2, -0.15) is 5.10 Å². The van der Waals surface area contributed by atoms with Crippen molar-refractivity contribution in [3.63, 3.8) is 0 Å². The predicted octanol–water partition coefficient (Wildman–Crippen LogP) is 0.695. The van der Waals surface area contributed by atoms with Crippen LogP contribution in [0, 0.1) is 0 Å². The molecule has 0 saturated carbocycles. The van der Waals surface area contributed by atoms with E-state index < -0.39 is 0 Å². The second-order valence-corrected chi connectivity index (χ2v) is 4.94. The van der Waals surface area contributed by atoms with Gasteiger partial charge in [-0.05, 0) is 40.4 Å². The van der Waals surface area contributed by atoms with E-state index in [-0.39, 0.29) is 6.61 Å². The quantitative estimate of drug-likeness (QED) is 0.637. The molecular formula is C13H26N4O. The molecule has 0 aliphatic rings. The van der Waals surface area contributed by atoms with Gasteiger partial charge in [0.05, 0.1) is 19.3 Å². The third-order valence-electron chi connectivity index (χ3n) is 3.09. The van der Waals surface area contributed by atoms with E-state index in [1.54, 1.807) is 4.68 Å². The van der Waals surface area contributed by atoms with Crippen molar-refractivity contribution in [3.05, 3.63) is 18.0 Å². The van der Waals surface area contributed by atoms with Crippen LogP contribution in [-0.4, -0.2) is 52.6 Å². The molecule has 0 aliphatic heterocycles. The molecule has 5 nitrogen and oxygen atoms in total.